The number of benzene rings is 1. The third kappa shape index (κ3) is 5.03. The van der Waals surface area contributed by atoms with Crippen LogP contribution in [0.15, 0.2) is 12.1 Å². The molecule has 0 bridgehead atoms. The highest BCUT2D eigenvalue weighted by Gasteiger charge is 2.13. The lowest BCUT2D eigenvalue weighted by atomic mass is 10.1. The molecule has 1 aromatic carbocycles. The number of carbonyl (C=O) groups is 1. The van der Waals surface area contributed by atoms with Crippen molar-refractivity contribution in [2.24, 2.45) is 0 Å². The fourth-order valence-corrected chi connectivity index (χ4v) is 1.72. The van der Waals surface area contributed by atoms with E-state index in [0.29, 0.717) is 30.3 Å². The van der Waals surface area contributed by atoms with Crippen LogP contribution in [0, 0.1) is 0 Å². The fourth-order valence-electron chi connectivity index (χ4n) is 1.72. The maximum absolute atomic E-state index is 11.0. The molecule has 1 aromatic rings. The second-order valence-electron chi connectivity index (χ2n) is 3.95. The summed E-state index contributed by atoms with van der Waals surface area (Å²) in [5.74, 6) is 1.68. The van der Waals surface area contributed by atoms with Gasteiger partial charge in [-0.2, -0.15) is 5.48 Å². The lowest BCUT2D eigenvalue weighted by molar-refractivity contribution is 0.0310. The normalized spacial score (nSPS) is 9.90. The molecule has 0 radical (unpaired) electrons. The van der Waals surface area contributed by atoms with Crippen LogP contribution in [-0.2, 0) is 16.0 Å². The van der Waals surface area contributed by atoms with E-state index >= 15 is 0 Å². The highest BCUT2D eigenvalue weighted by molar-refractivity contribution is 5.65. The van der Waals surface area contributed by atoms with Gasteiger partial charge in [0.15, 0.2) is 11.5 Å². The Morgan fingerprint density at radius 2 is 1.71 bits per heavy atom. The Balaban J connectivity index is 2.61. The van der Waals surface area contributed by atoms with Crippen LogP contribution in [0.25, 0.3) is 0 Å². The van der Waals surface area contributed by atoms with Gasteiger partial charge in [-0.25, -0.2) is 4.79 Å². The number of hydrogen-bond donors (Lipinski definition) is 1. The molecule has 0 aromatic heterocycles. The van der Waals surface area contributed by atoms with Crippen molar-refractivity contribution >= 4 is 6.09 Å². The van der Waals surface area contributed by atoms with Gasteiger partial charge >= 0.3 is 6.09 Å². The van der Waals surface area contributed by atoms with Crippen LogP contribution in [0.3, 0.4) is 0 Å². The minimum absolute atomic E-state index is 0.289. The molecule has 0 fully saturated rings. The van der Waals surface area contributed by atoms with Gasteiger partial charge in [0.25, 0.3) is 0 Å². The van der Waals surface area contributed by atoms with Crippen LogP contribution >= 0.6 is 0 Å². The summed E-state index contributed by atoms with van der Waals surface area (Å²) in [6.07, 6.45) is -0.0502. The average Bonchev–Trinajstić information content (AvgIpc) is 2.50. The minimum atomic E-state index is -0.609. The van der Waals surface area contributed by atoms with E-state index in [2.05, 4.69) is 10.2 Å². The Labute approximate surface area is 124 Å². The molecule has 1 amide bonds. The Kier molecular flexibility index (Phi) is 7.17. The lowest BCUT2D eigenvalue weighted by Gasteiger charge is -2.14. The number of methoxy groups -OCH3 is 3. The molecule has 0 heterocycles. The first-order chi connectivity index (χ1) is 10.2. The minimum Gasteiger partial charge on any atom is -0.493 e. The second kappa shape index (κ2) is 8.91. The zero-order valence-corrected chi connectivity index (χ0v) is 12.7. The van der Waals surface area contributed by atoms with Crippen molar-refractivity contribution in [3.05, 3.63) is 17.7 Å². The monoisotopic (exact) mass is 299 g/mol. The van der Waals surface area contributed by atoms with Crippen molar-refractivity contribution < 1.29 is 28.6 Å². The summed E-state index contributed by atoms with van der Waals surface area (Å²) >= 11 is 0. The Bertz CT molecular complexity index is 438. The van der Waals surface area contributed by atoms with E-state index in [4.69, 9.17) is 19.0 Å². The quantitative estimate of drug-likeness (QED) is 0.584. The van der Waals surface area contributed by atoms with Gasteiger partial charge in [0.05, 0.1) is 34.5 Å². The Hall–Kier alpha value is -2.15. The number of ether oxygens (including phenoxy) is 4. The first-order valence-corrected chi connectivity index (χ1v) is 6.49. The summed E-state index contributed by atoms with van der Waals surface area (Å²) in [6, 6.07) is 3.66. The van der Waals surface area contributed by atoms with Gasteiger partial charge in [0.2, 0.25) is 5.75 Å². The largest absolute Gasteiger partial charge is 0.493 e. The third-order valence-electron chi connectivity index (χ3n) is 2.65. The Morgan fingerprint density at radius 1 is 1.10 bits per heavy atom. The molecule has 0 aliphatic carbocycles. The fraction of sp³-hybridized carbons (Fsp3) is 0.500. The summed E-state index contributed by atoms with van der Waals surface area (Å²) in [5, 5.41) is 0. The lowest BCUT2D eigenvalue weighted by Crippen LogP contribution is -2.25. The smallest absolute Gasteiger partial charge is 0.431 e. The summed E-state index contributed by atoms with van der Waals surface area (Å²) in [6.45, 7) is 2.30. The summed E-state index contributed by atoms with van der Waals surface area (Å²) < 4.78 is 20.4. The van der Waals surface area contributed by atoms with Gasteiger partial charge in [0.1, 0.15) is 0 Å². The van der Waals surface area contributed by atoms with E-state index in [1.54, 1.807) is 28.3 Å². The predicted octanol–water partition coefficient (Wildman–Crippen LogP) is 1.93. The molecule has 7 nitrogen and oxygen atoms in total. The molecule has 1 N–H and O–H groups in total. The van der Waals surface area contributed by atoms with E-state index in [-0.39, 0.29) is 6.61 Å². The van der Waals surface area contributed by atoms with Crippen LogP contribution < -0.4 is 19.7 Å². The molecule has 0 aliphatic heterocycles. The third-order valence-corrected chi connectivity index (χ3v) is 2.65. The second-order valence-corrected chi connectivity index (χ2v) is 3.95. The number of carbonyl (C=O) groups excluding carboxylic acids is 1. The summed E-state index contributed by atoms with van der Waals surface area (Å²) in [4.78, 5) is 16.0. The number of rotatable bonds is 8. The topological polar surface area (TPSA) is 75.3 Å². The molecule has 118 valence electrons. The summed E-state index contributed by atoms with van der Waals surface area (Å²) in [5.41, 5.74) is 3.11. The SMILES string of the molecule is CCOC(=O)NOCCc1cc(OC)c(OC)c(OC)c1. The zero-order valence-electron chi connectivity index (χ0n) is 12.7. The van der Waals surface area contributed by atoms with Crippen molar-refractivity contribution in [1.82, 2.24) is 5.48 Å². The highest BCUT2D eigenvalue weighted by atomic mass is 16.7. The maximum atomic E-state index is 11.0. The molecule has 7 heteroatoms. The molecule has 0 unspecified atom stereocenters. The van der Waals surface area contributed by atoms with E-state index in [0.717, 1.165) is 5.56 Å². The van der Waals surface area contributed by atoms with E-state index in [1.165, 1.54) is 0 Å². The standard InChI is InChI=1S/C14H21NO6/c1-5-20-14(16)15-21-7-6-10-8-11(17-2)13(19-4)12(9-10)18-3/h8-9H,5-7H2,1-4H3,(H,15,16). The van der Waals surface area contributed by atoms with Crippen LogP contribution in [0.5, 0.6) is 17.2 Å². The number of amides is 1. The van der Waals surface area contributed by atoms with Gasteiger partial charge in [-0.3, -0.25) is 4.84 Å². The van der Waals surface area contributed by atoms with Gasteiger partial charge in [-0.15, -0.1) is 0 Å². The van der Waals surface area contributed by atoms with Crippen LogP contribution in [0.2, 0.25) is 0 Å². The van der Waals surface area contributed by atoms with Crippen LogP contribution in [-0.4, -0.2) is 40.6 Å². The predicted molar refractivity (Wildman–Crippen MR) is 75.9 cm³/mol. The number of hydroxylamine groups is 1. The Morgan fingerprint density at radius 3 is 2.19 bits per heavy atom. The number of hydrogen-bond acceptors (Lipinski definition) is 6. The van der Waals surface area contributed by atoms with Gasteiger partial charge < -0.3 is 18.9 Å². The van der Waals surface area contributed by atoms with Crippen LogP contribution in [0.4, 0.5) is 4.79 Å². The van der Waals surface area contributed by atoms with Crippen molar-refractivity contribution in [2.75, 3.05) is 34.5 Å². The molecule has 0 spiro atoms. The first-order valence-electron chi connectivity index (χ1n) is 6.49. The molecule has 0 saturated heterocycles. The summed E-state index contributed by atoms with van der Waals surface area (Å²) in [7, 11) is 4.66. The molecule has 0 saturated carbocycles. The molecule has 0 atom stereocenters. The van der Waals surface area contributed by atoms with Crippen molar-refractivity contribution in [3.8, 4) is 17.2 Å². The van der Waals surface area contributed by atoms with E-state index in [1.807, 2.05) is 12.1 Å². The maximum Gasteiger partial charge on any atom is 0.431 e. The van der Waals surface area contributed by atoms with Gasteiger partial charge in [-0.1, -0.05) is 0 Å². The van der Waals surface area contributed by atoms with Gasteiger partial charge in [-0.05, 0) is 31.0 Å². The molecule has 21 heavy (non-hydrogen) atoms. The zero-order chi connectivity index (χ0) is 15.7. The van der Waals surface area contributed by atoms with Gasteiger partial charge in [0, 0.05) is 0 Å². The highest BCUT2D eigenvalue weighted by Crippen LogP contribution is 2.38. The van der Waals surface area contributed by atoms with E-state index < -0.39 is 6.09 Å². The molecular weight excluding hydrogens is 278 g/mol. The van der Waals surface area contributed by atoms with Crippen molar-refractivity contribution in [2.45, 2.75) is 13.3 Å². The molecule has 0 aliphatic rings. The first kappa shape index (κ1) is 16.9. The average molecular weight is 299 g/mol. The molecule has 1 rings (SSSR count). The van der Waals surface area contributed by atoms with Crippen LogP contribution in [0.1, 0.15) is 12.5 Å². The molecular formula is C14H21NO6. The van der Waals surface area contributed by atoms with E-state index in [9.17, 15) is 4.79 Å². The van der Waals surface area contributed by atoms with Crippen molar-refractivity contribution in [3.63, 3.8) is 0 Å². The van der Waals surface area contributed by atoms with Crippen molar-refractivity contribution in [1.29, 1.82) is 0 Å². The number of nitrogens with one attached hydrogen (secondary N) is 1.